The second-order valence-electron chi connectivity index (χ2n) is 4.76. The molecule has 4 N–H and O–H groups in total. The van der Waals surface area contributed by atoms with Crippen LogP contribution in [0.2, 0.25) is 0 Å². The van der Waals surface area contributed by atoms with Gasteiger partial charge in [0.2, 0.25) is 0 Å². The van der Waals surface area contributed by atoms with Crippen molar-refractivity contribution < 1.29 is 9.47 Å². The summed E-state index contributed by atoms with van der Waals surface area (Å²) in [4.78, 5) is 0. The van der Waals surface area contributed by atoms with Crippen LogP contribution < -0.4 is 20.9 Å². The predicted molar refractivity (Wildman–Crippen MR) is 78.8 cm³/mol. The molecule has 0 spiro atoms. The summed E-state index contributed by atoms with van der Waals surface area (Å²) in [7, 11) is 3.32. The van der Waals surface area contributed by atoms with Crippen LogP contribution in [0.4, 0.5) is 0 Å². The number of hydrogen-bond donors (Lipinski definition) is 2. The quantitative estimate of drug-likeness (QED) is 0.757. The van der Waals surface area contributed by atoms with Gasteiger partial charge in [-0.15, -0.1) is 0 Å². The first-order valence-electron chi connectivity index (χ1n) is 6.85. The molecule has 0 aliphatic rings. The molecule has 0 saturated carbocycles. The number of methoxy groups -OCH3 is 2. The monoisotopic (exact) mass is 266 g/mol. The van der Waals surface area contributed by atoms with Crippen LogP contribution in [0.25, 0.3) is 0 Å². The highest BCUT2D eigenvalue weighted by Crippen LogP contribution is 2.32. The van der Waals surface area contributed by atoms with Gasteiger partial charge in [0, 0.05) is 24.1 Å². The molecule has 0 bridgehead atoms. The maximum Gasteiger partial charge on any atom is 0.122 e. The Labute approximate surface area is 116 Å². The molecule has 0 aliphatic carbocycles. The first kappa shape index (κ1) is 15.8. The van der Waals surface area contributed by atoms with Crippen LogP contribution >= 0.6 is 0 Å². The van der Waals surface area contributed by atoms with Crippen molar-refractivity contribution >= 4 is 0 Å². The van der Waals surface area contributed by atoms with Crippen LogP contribution in [-0.2, 0) is 0 Å². The third-order valence-corrected chi connectivity index (χ3v) is 3.50. The molecule has 2 unspecified atom stereocenters. The van der Waals surface area contributed by atoms with Crippen LogP contribution in [0, 0.1) is 0 Å². The number of hydrogen-bond acceptors (Lipinski definition) is 4. The Balaban J connectivity index is 3.01. The number of ether oxygens (including phenoxy) is 2. The summed E-state index contributed by atoms with van der Waals surface area (Å²) >= 11 is 0. The lowest BCUT2D eigenvalue weighted by molar-refractivity contribution is 0.387. The van der Waals surface area contributed by atoms with Crippen LogP contribution in [0.3, 0.4) is 0 Å². The topological polar surface area (TPSA) is 70.5 Å². The number of unbranched alkanes of at least 4 members (excludes halogenated alkanes) is 1. The Morgan fingerprint density at radius 2 is 1.95 bits per heavy atom. The summed E-state index contributed by atoms with van der Waals surface area (Å²) in [6.07, 6.45) is 3.23. The van der Waals surface area contributed by atoms with Gasteiger partial charge in [-0.25, -0.2) is 0 Å². The maximum absolute atomic E-state index is 6.29. The lowest BCUT2D eigenvalue weighted by atomic mass is 9.88. The molecule has 0 amide bonds. The summed E-state index contributed by atoms with van der Waals surface area (Å²) in [5.74, 6) is 1.72. The van der Waals surface area contributed by atoms with Gasteiger partial charge in [0.25, 0.3) is 0 Å². The van der Waals surface area contributed by atoms with Crippen molar-refractivity contribution in [2.75, 3.05) is 20.8 Å². The Morgan fingerprint density at radius 3 is 2.47 bits per heavy atom. The summed E-state index contributed by atoms with van der Waals surface area (Å²) in [5, 5.41) is 0. The lowest BCUT2D eigenvalue weighted by Gasteiger charge is -2.25. The normalized spacial score (nSPS) is 13.9. The second-order valence-corrected chi connectivity index (χ2v) is 4.76. The second kappa shape index (κ2) is 8.02. The van der Waals surface area contributed by atoms with E-state index in [2.05, 4.69) is 6.92 Å². The molecule has 0 fully saturated rings. The Kier molecular flexibility index (Phi) is 6.67. The fourth-order valence-electron chi connectivity index (χ4n) is 2.30. The summed E-state index contributed by atoms with van der Waals surface area (Å²) in [5.41, 5.74) is 13.2. The van der Waals surface area contributed by atoms with Gasteiger partial charge < -0.3 is 20.9 Å². The average Bonchev–Trinajstić information content (AvgIpc) is 2.45. The van der Waals surface area contributed by atoms with E-state index in [0.717, 1.165) is 36.3 Å². The zero-order chi connectivity index (χ0) is 14.3. The molecule has 1 rings (SSSR count). The van der Waals surface area contributed by atoms with E-state index < -0.39 is 0 Å². The van der Waals surface area contributed by atoms with Crippen LogP contribution in [-0.4, -0.2) is 26.8 Å². The lowest BCUT2D eigenvalue weighted by Crippen LogP contribution is -2.33. The fraction of sp³-hybridized carbons (Fsp3) is 0.600. The molecule has 4 heteroatoms. The molecular weight excluding hydrogens is 240 g/mol. The molecule has 0 aromatic heterocycles. The number of nitrogens with two attached hydrogens (primary N) is 2. The van der Waals surface area contributed by atoms with Gasteiger partial charge in [-0.1, -0.05) is 19.8 Å². The molecule has 0 aliphatic heterocycles. The van der Waals surface area contributed by atoms with Crippen molar-refractivity contribution in [3.05, 3.63) is 23.8 Å². The van der Waals surface area contributed by atoms with Gasteiger partial charge >= 0.3 is 0 Å². The van der Waals surface area contributed by atoms with Crippen molar-refractivity contribution in [2.45, 2.75) is 38.1 Å². The first-order valence-corrected chi connectivity index (χ1v) is 6.85. The zero-order valence-corrected chi connectivity index (χ0v) is 12.2. The van der Waals surface area contributed by atoms with Gasteiger partial charge in [0.1, 0.15) is 11.5 Å². The third kappa shape index (κ3) is 4.11. The minimum atomic E-state index is 0.0472. The van der Waals surface area contributed by atoms with Crippen molar-refractivity contribution in [2.24, 2.45) is 11.5 Å². The summed E-state index contributed by atoms with van der Waals surface area (Å²) in [6, 6.07) is 5.81. The SMILES string of the molecule is CCCCC(N)C(CN)c1cc(OC)ccc1OC. The van der Waals surface area contributed by atoms with Crippen molar-refractivity contribution in [1.29, 1.82) is 0 Å². The van der Waals surface area contributed by atoms with Gasteiger partial charge in [-0.05, 0) is 24.6 Å². The van der Waals surface area contributed by atoms with Crippen LogP contribution in [0.1, 0.15) is 37.7 Å². The summed E-state index contributed by atoms with van der Waals surface area (Å²) in [6.45, 7) is 2.67. The molecule has 4 nitrogen and oxygen atoms in total. The van der Waals surface area contributed by atoms with E-state index >= 15 is 0 Å². The van der Waals surface area contributed by atoms with E-state index in [1.807, 2.05) is 18.2 Å². The van der Waals surface area contributed by atoms with E-state index in [-0.39, 0.29) is 12.0 Å². The Morgan fingerprint density at radius 1 is 1.21 bits per heavy atom. The largest absolute Gasteiger partial charge is 0.497 e. The minimum Gasteiger partial charge on any atom is -0.497 e. The molecule has 108 valence electrons. The molecule has 19 heavy (non-hydrogen) atoms. The van der Waals surface area contributed by atoms with Gasteiger partial charge in [0.05, 0.1) is 14.2 Å². The summed E-state index contributed by atoms with van der Waals surface area (Å²) < 4.78 is 10.7. The van der Waals surface area contributed by atoms with E-state index in [1.54, 1.807) is 14.2 Å². The van der Waals surface area contributed by atoms with E-state index in [4.69, 9.17) is 20.9 Å². The average molecular weight is 266 g/mol. The van der Waals surface area contributed by atoms with Crippen molar-refractivity contribution in [3.63, 3.8) is 0 Å². The number of benzene rings is 1. The Bertz CT molecular complexity index is 382. The van der Waals surface area contributed by atoms with Crippen molar-refractivity contribution in [3.8, 4) is 11.5 Å². The predicted octanol–water partition coefficient (Wildman–Crippen LogP) is 2.26. The van der Waals surface area contributed by atoms with E-state index in [1.165, 1.54) is 0 Å². The third-order valence-electron chi connectivity index (χ3n) is 3.50. The molecule has 0 heterocycles. The fourth-order valence-corrected chi connectivity index (χ4v) is 2.30. The molecular formula is C15H26N2O2. The van der Waals surface area contributed by atoms with Crippen molar-refractivity contribution in [1.82, 2.24) is 0 Å². The van der Waals surface area contributed by atoms with Crippen LogP contribution in [0.5, 0.6) is 11.5 Å². The maximum atomic E-state index is 6.29. The van der Waals surface area contributed by atoms with Gasteiger partial charge in [0.15, 0.2) is 0 Å². The smallest absolute Gasteiger partial charge is 0.122 e. The molecule has 0 saturated heterocycles. The Hall–Kier alpha value is -1.26. The zero-order valence-electron chi connectivity index (χ0n) is 12.2. The molecule has 1 aromatic rings. The standard InChI is InChI=1S/C15H26N2O2/c1-4-5-6-14(17)13(10-16)12-9-11(18-2)7-8-15(12)19-3/h7-9,13-14H,4-6,10,16-17H2,1-3H3. The minimum absolute atomic E-state index is 0.0472. The molecule has 2 atom stereocenters. The highest BCUT2D eigenvalue weighted by atomic mass is 16.5. The van der Waals surface area contributed by atoms with E-state index in [0.29, 0.717) is 6.54 Å². The molecule has 1 aromatic carbocycles. The van der Waals surface area contributed by atoms with Gasteiger partial charge in [-0.3, -0.25) is 0 Å². The van der Waals surface area contributed by atoms with Gasteiger partial charge in [-0.2, -0.15) is 0 Å². The first-order chi connectivity index (χ1) is 9.17. The number of rotatable bonds is 8. The van der Waals surface area contributed by atoms with E-state index in [9.17, 15) is 0 Å². The molecule has 0 radical (unpaired) electrons. The van der Waals surface area contributed by atoms with Crippen LogP contribution in [0.15, 0.2) is 18.2 Å². The highest BCUT2D eigenvalue weighted by Gasteiger charge is 2.22. The highest BCUT2D eigenvalue weighted by molar-refractivity contribution is 5.43.